The first kappa shape index (κ1) is 16.0. The smallest absolute Gasteiger partial charge is 0.146 e. The minimum Gasteiger partial charge on any atom is -0.383 e. The maximum absolute atomic E-state index is 6.07. The Morgan fingerprint density at radius 3 is 2.41 bits per heavy atom. The number of hydrogen-bond acceptors (Lipinski definition) is 3. The van der Waals surface area contributed by atoms with E-state index in [1.165, 1.54) is 11.9 Å². The van der Waals surface area contributed by atoms with Crippen LogP contribution < -0.4 is 5.73 Å². The van der Waals surface area contributed by atoms with Gasteiger partial charge < -0.3 is 10.3 Å². The molecule has 0 aliphatic heterocycles. The van der Waals surface area contributed by atoms with Crippen molar-refractivity contribution in [3.05, 3.63) is 42.4 Å². The zero-order valence-electron chi connectivity index (χ0n) is 13.8. The van der Waals surface area contributed by atoms with Crippen LogP contribution in [-0.2, 0) is 6.54 Å². The lowest BCUT2D eigenvalue weighted by atomic mass is 10.0. The van der Waals surface area contributed by atoms with Crippen LogP contribution in [0.3, 0.4) is 0 Å². The predicted octanol–water partition coefficient (Wildman–Crippen LogP) is 4.43. The normalized spacial score (nSPS) is 10.4. The van der Waals surface area contributed by atoms with Gasteiger partial charge in [0.25, 0.3) is 0 Å². The van der Waals surface area contributed by atoms with Crippen LogP contribution in [0.5, 0.6) is 0 Å². The van der Waals surface area contributed by atoms with Gasteiger partial charge in [0, 0.05) is 18.3 Å². The molecule has 0 amide bonds. The Balaban J connectivity index is 0.000000847. The van der Waals surface area contributed by atoms with Gasteiger partial charge in [0.15, 0.2) is 0 Å². The highest BCUT2D eigenvalue weighted by molar-refractivity contribution is 6.00. The molecule has 22 heavy (non-hydrogen) atoms. The molecule has 1 aromatic carbocycles. The van der Waals surface area contributed by atoms with Crippen LogP contribution in [0.4, 0.5) is 5.82 Å². The molecule has 0 aliphatic rings. The molecule has 0 aliphatic carbocycles. The number of benzene rings is 1. The molecule has 0 bridgehead atoms. The standard InChI is InChI=1S/C16H18N4.C2H6/c1-3-8-20-9-13(12-6-4-11(2)5-7-12)14-15(17)18-10-19-16(14)20;1-2/h4-7,9-10H,3,8H2,1-2H3,(H2,17,18,19);1-2H3. The first-order chi connectivity index (χ1) is 10.7. The van der Waals surface area contributed by atoms with Crippen LogP contribution in [0.1, 0.15) is 32.8 Å². The maximum atomic E-state index is 6.07. The van der Waals surface area contributed by atoms with Crippen molar-refractivity contribution >= 4 is 16.9 Å². The van der Waals surface area contributed by atoms with E-state index in [1.807, 2.05) is 13.8 Å². The second-order valence-corrected chi connectivity index (χ2v) is 5.06. The SMILES string of the molecule is CC.CCCn1cc(-c2ccc(C)cc2)c2c(N)ncnc21. The summed E-state index contributed by atoms with van der Waals surface area (Å²) < 4.78 is 2.16. The van der Waals surface area contributed by atoms with E-state index in [0.717, 1.165) is 35.1 Å². The molecule has 4 heteroatoms. The number of nitrogen functional groups attached to an aromatic ring is 1. The Hall–Kier alpha value is -2.36. The molecule has 0 radical (unpaired) electrons. The fourth-order valence-electron chi connectivity index (χ4n) is 2.51. The van der Waals surface area contributed by atoms with E-state index >= 15 is 0 Å². The van der Waals surface area contributed by atoms with E-state index in [0.29, 0.717) is 5.82 Å². The molecule has 3 aromatic rings. The molecule has 0 saturated heterocycles. The van der Waals surface area contributed by atoms with Gasteiger partial charge in [0.1, 0.15) is 17.8 Å². The van der Waals surface area contributed by atoms with Crippen LogP contribution in [0.25, 0.3) is 22.2 Å². The summed E-state index contributed by atoms with van der Waals surface area (Å²) in [4.78, 5) is 8.53. The van der Waals surface area contributed by atoms with E-state index < -0.39 is 0 Å². The van der Waals surface area contributed by atoms with Gasteiger partial charge in [-0.2, -0.15) is 0 Å². The van der Waals surface area contributed by atoms with Crippen LogP contribution in [0, 0.1) is 6.92 Å². The molecule has 0 saturated carbocycles. The lowest BCUT2D eigenvalue weighted by molar-refractivity contribution is 0.697. The van der Waals surface area contributed by atoms with Crippen molar-refractivity contribution in [1.82, 2.24) is 14.5 Å². The predicted molar refractivity (Wildman–Crippen MR) is 93.8 cm³/mol. The van der Waals surface area contributed by atoms with E-state index in [2.05, 4.69) is 58.8 Å². The highest BCUT2D eigenvalue weighted by atomic mass is 15.1. The van der Waals surface area contributed by atoms with Gasteiger partial charge in [-0.25, -0.2) is 9.97 Å². The summed E-state index contributed by atoms with van der Waals surface area (Å²) in [5, 5.41) is 0.949. The summed E-state index contributed by atoms with van der Waals surface area (Å²) in [6.07, 6.45) is 4.72. The molecule has 2 heterocycles. The zero-order valence-corrected chi connectivity index (χ0v) is 13.8. The van der Waals surface area contributed by atoms with Crippen molar-refractivity contribution in [3.63, 3.8) is 0 Å². The lowest BCUT2D eigenvalue weighted by Gasteiger charge is -2.02. The lowest BCUT2D eigenvalue weighted by Crippen LogP contribution is -1.98. The number of hydrogen-bond donors (Lipinski definition) is 1. The molecule has 116 valence electrons. The molecule has 0 unspecified atom stereocenters. The van der Waals surface area contributed by atoms with Crippen molar-refractivity contribution in [1.29, 1.82) is 0 Å². The molecule has 3 rings (SSSR count). The second kappa shape index (κ2) is 7.07. The van der Waals surface area contributed by atoms with Crippen LogP contribution in [0.15, 0.2) is 36.8 Å². The Morgan fingerprint density at radius 1 is 1.09 bits per heavy atom. The zero-order chi connectivity index (χ0) is 16.1. The minimum atomic E-state index is 0.542. The van der Waals surface area contributed by atoms with Crippen molar-refractivity contribution in [2.45, 2.75) is 40.7 Å². The van der Waals surface area contributed by atoms with E-state index in [9.17, 15) is 0 Å². The molecule has 2 N–H and O–H groups in total. The summed E-state index contributed by atoms with van der Waals surface area (Å²) in [5.74, 6) is 0.542. The Morgan fingerprint density at radius 2 is 1.77 bits per heavy atom. The molecular formula is C18H24N4. The summed E-state index contributed by atoms with van der Waals surface area (Å²) in [5.41, 5.74) is 10.5. The van der Waals surface area contributed by atoms with Gasteiger partial charge >= 0.3 is 0 Å². The third kappa shape index (κ3) is 2.96. The summed E-state index contributed by atoms with van der Waals surface area (Å²) in [6.45, 7) is 9.17. The Labute approximate surface area is 132 Å². The van der Waals surface area contributed by atoms with E-state index in [4.69, 9.17) is 5.73 Å². The number of aryl methyl sites for hydroxylation is 2. The average molecular weight is 296 g/mol. The first-order valence-electron chi connectivity index (χ1n) is 7.87. The quantitative estimate of drug-likeness (QED) is 0.778. The fraction of sp³-hybridized carbons (Fsp3) is 0.333. The number of fused-ring (bicyclic) bond motifs is 1. The van der Waals surface area contributed by atoms with Crippen molar-refractivity contribution in [3.8, 4) is 11.1 Å². The molecule has 2 aromatic heterocycles. The van der Waals surface area contributed by atoms with Crippen LogP contribution in [0.2, 0.25) is 0 Å². The number of nitrogens with zero attached hydrogens (tertiary/aromatic N) is 3. The molecule has 0 fully saturated rings. The van der Waals surface area contributed by atoms with Crippen molar-refractivity contribution in [2.24, 2.45) is 0 Å². The molecule has 4 nitrogen and oxygen atoms in total. The Bertz CT molecular complexity index is 742. The summed E-state index contributed by atoms with van der Waals surface area (Å²) in [6, 6.07) is 8.45. The van der Waals surface area contributed by atoms with Gasteiger partial charge in [-0.15, -0.1) is 0 Å². The number of rotatable bonds is 3. The average Bonchev–Trinajstić information content (AvgIpc) is 2.91. The third-order valence-electron chi connectivity index (χ3n) is 3.51. The maximum Gasteiger partial charge on any atom is 0.146 e. The largest absolute Gasteiger partial charge is 0.383 e. The third-order valence-corrected chi connectivity index (χ3v) is 3.51. The topological polar surface area (TPSA) is 56.7 Å². The molecule has 0 atom stereocenters. The van der Waals surface area contributed by atoms with E-state index in [-0.39, 0.29) is 0 Å². The van der Waals surface area contributed by atoms with Gasteiger partial charge in [-0.05, 0) is 18.9 Å². The highest BCUT2D eigenvalue weighted by Crippen LogP contribution is 2.32. The number of aromatic nitrogens is 3. The Kier molecular flexibility index (Phi) is 5.15. The minimum absolute atomic E-state index is 0.542. The number of anilines is 1. The van der Waals surface area contributed by atoms with Crippen LogP contribution >= 0.6 is 0 Å². The van der Waals surface area contributed by atoms with E-state index in [1.54, 1.807) is 0 Å². The van der Waals surface area contributed by atoms with Crippen LogP contribution in [-0.4, -0.2) is 14.5 Å². The number of nitrogens with two attached hydrogens (primary N) is 1. The monoisotopic (exact) mass is 296 g/mol. The molecular weight excluding hydrogens is 272 g/mol. The summed E-state index contributed by atoms with van der Waals surface area (Å²) >= 11 is 0. The summed E-state index contributed by atoms with van der Waals surface area (Å²) in [7, 11) is 0. The highest BCUT2D eigenvalue weighted by Gasteiger charge is 2.14. The van der Waals surface area contributed by atoms with Crippen molar-refractivity contribution in [2.75, 3.05) is 5.73 Å². The van der Waals surface area contributed by atoms with Gasteiger partial charge in [-0.3, -0.25) is 0 Å². The second-order valence-electron chi connectivity index (χ2n) is 5.06. The van der Waals surface area contributed by atoms with Gasteiger partial charge in [0.05, 0.1) is 5.39 Å². The fourth-order valence-corrected chi connectivity index (χ4v) is 2.51. The van der Waals surface area contributed by atoms with Gasteiger partial charge in [-0.1, -0.05) is 50.6 Å². The van der Waals surface area contributed by atoms with Crippen molar-refractivity contribution < 1.29 is 0 Å². The van der Waals surface area contributed by atoms with Gasteiger partial charge in [0.2, 0.25) is 0 Å². The molecule has 0 spiro atoms. The first-order valence-corrected chi connectivity index (χ1v) is 7.87.